The summed E-state index contributed by atoms with van der Waals surface area (Å²) in [5.41, 5.74) is 3.29. The highest BCUT2D eigenvalue weighted by Crippen LogP contribution is 2.20. The Bertz CT molecular complexity index is 1250. The summed E-state index contributed by atoms with van der Waals surface area (Å²) in [7, 11) is 2.78. The smallest absolute Gasteiger partial charge is 0.279 e. The van der Waals surface area contributed by atoms with Gasteiger partial charge in [0.25, 0.3) is 17.7 Å². The largest absolute Gasteiger partial charge is 0.366 e. The van der Waals surface area contributed by atoms with Gasteiger partial charge in [0.15, 0.2) is 17.6 Å². The number of amides is 3. The number of likely N-dealkylation sites (N-methyl/N-ethyl adjacent to an activating group) is 2. The van der Waals surface area contributed by atoms with E-state index in [-0.39, 0.29) is 5.56 Å². The lowest BCUT2D eigenvalue weighted by molar-refractivity contribution is -0.204. The highest BCUT2D eigenvalue weighted by molar-refractivity contribution is 6.12. The van der Waals surface area contributed by atoms with E-state index in [0.29, 0.717) is 31.6 Å². The van der Waals surface area contributed by atoms with Gasteiger partial charge in [0, 0.05) is 43.8 Å². The average molecular weight is 566 g/mol. The molecular weight excluding hydrogens is 526 g/mol. The van der Waals surface area contributed by atoms with Crippen molar-refractivity contribution in [3.8, 4) is 11.8 Å². The van der Waals surface area contributed by atoms with Crippen LogP contribution in [-0.2, 0) is 30.3 Å². The number of hydrogen-bond acceptors (Lipinski definition) is 7. The van der Waals surface area contributed by atoms with Gasteiger partial charge in [0.05, 0.1) is 6.61 Å². The first-order chi connectivity index (χ1) is 19.4. The van der Waals surface area contributed by atoms with E-state index in [1.54, 1.807) is 38.1 Å². The summed E-state index contributed by atoms with van der Waals surface area (Å²) < 4.78 is 10.8. The van der Waals surface area contributed by atoms with Gasteiger partial charge in [-0.25, -0.2) is 10.3 Å². The van der Waals surface area contributed by atoms with E-state index in [4.69, 9.17) is 14.3 Å². The predicted octanol–water partition coefficient (Wildman–Crippen LogP) is 2.53. The van der Waals surface area contributed by atoms with Crippen LogP contribution in [0.1, 0.15) is 67.1 Å². The maximum absolute atomic E-state index is 13.3. The Kier molecular flexibility index (Phi) is 11.0. The van der Waals surface area contributed by atoms with Crippen LogP contribution < -0.4 is 10.8 Å². The zero-order chi connectivity index (χ0) is 30.0. The van der Waals surface area contributed by atoms with Crippen LogP contribution in [0.2, 0.25) is 0 Å². The molecule has 3 amide bonds. The van der Waals surface area contributed by atoms with Gasteiger partial charge < -0.3 is 24.8 Å². The molecule has 10 nitrogen and oxygen atoms in total. The molecule has 0 radical (unpaired) electrons. The first-order valence-corrected chi connectivity index (χ1v) is 13.6. The van der Waals surface area contributed by atoms with Crippen molar-refractivity contribution in [3.63, 3.8) is 0 Å². The van der Waals surface area contributed by atoms with Crippen LogP contribution in [0, 0.1) is 11.8 Å². The fourth-order valence-electron chi connectivity index (χ4n) is 4.08. The molecule has 1 unspecified atom stereocenters. The summed E-state index contributed by atoms with van der Waals surface area (Å²) in [6, 6.07) is 14.4. The molecule has 0 bridgehead atoms. The second-order valence-corrected chi connectivity index (χ2v) is 10.4. The molecule has 10 heteroatoms. The monoisotopic (exact) mass is 565 g/mol. The predicted molar refractivity (Wildman–Crippen MR) is 152 cm³/mol. The number of ether oxygens (including phenoxy) is 2. The number of carbonyl (C=O) groups is 3. The molecule has 0 aromatic heterocycles. The third-order valence-corrected chi connectivity index (χ3v) is 6.79. The van der Waals surface area contributed by atoms with Gasteiger partial charge in [-0.1, -0.05) is 24.0 Å². The SMILES string of the molecule is CNC(=O)[C@@](C)(C(=O)NOC1CCCCO1)N(C)C(=O)c1ccc(C#Cc2ccc(CCOC(C)(C)O)cc2)cc1. The van der Waals surface area contributed by atoms with Crippen molar-refractivity contribution in [2.45, 2.75) is 64.1 Å². The van der Waals surface area contributed by atoms with Crippen LogP contribution in [0.5, 0.6) is 0 Å². The van der Waals surface area contributed by atoms with Crippen LogP contribution in [0.25, 0.3) is 0 Å². The van der Waals surface area contributed by atoms with Gasteiger partial charge in [-0.05, 0) is 82.0 Å². The van der Waals surface area contributed by atoms with Crippen molar-refractivity contribution in [2.24, 2.45) is 0 Å². The third kappa shape index (κ3) is 8.87. The number of carbonyl (C=O) groups excluding carboxylic acids is 3. The molecule has 2 aromatic carbocycles. The minimum absolute atomic E-state index is 0.287. The Labute approximate surface area is 241 Å². The molecule has 2 atom stereocenters. The van der Waals surface area contributed by atoms with Crippen molar-refractivity contribution in [1.29, 1.82) is 0 Å². The standard InChI is InChI=1S/C31H39N3O7/c1-30(2,38)40-21-19-24-13-11-22(12-14-24)9-10-23-15-17-25(18-16-23)27(35)34(5)31(3,28(36)32-4)29(37)33-41-26-8-6-7-20-39-26/h11-18,26,38H,6-8,19-21H2,1-5H3,(H,32,36)(H,33,37)/t26?,31-/m0/s1. The van der Waals surface area contributed by atoms with Crippen molar-refractivity contribution in [1.82, 2.24) is 15.7 Å². The van der Waals surface area contributed by atoms with Crippen molar-refractivity contribution in [3.05, 3.63) is 70.8 Å². The van der Waals surface area contributed by atoms with Crippen LogP contribution in [0.3, 0.4) is 0 Å². The lowest BCUT2D eigenvalue weighted by Gasteiger charge is -2.36. The molecule has 2 aromatic rings. The Morgan fingerprint density at radius 2 is 1.61 bits per heavy atom. The minimum atomic E-state index is -1.88. The zero-order valence-corrected chi connectivity index (χ0v) is 24.3. The molecule has 0 spiro atoms. The third-order valence-electron chi connectivity index (χ3n) is 6.79. The van der Waals surface area contributed by atoms with E-state index < -0.39 is 35.3 Å². The van der Waals surface area contributed by atoms with E-state index in [1.807, 2.05) is 24.3 Å². The molecule has 0 aliphatic carbocycles. The maximum Gasteiger partial charge on any atom is 0.279 e. The molecule has 3 rings (SSSR count). The topological polar surface area (TPSA) is 126 Å². The zero-order valence-electron chi connectivity index (χ0n) is 24.3. The maximum atomic E-state index is 13.3. The molecule has 1 saturated heterocycles. The van der Waals surface area contributed by atoms with Crippen LogP contribution >= 0.6 is 0 Å². The second-order valence-electron chi connectivity index (χ2n) is 10.4. The number of nitrogens with zero attached hydrogens (tertiary/aromatic N) is 1. The Morgan fingerprint density at radius 3 is 2.15 bits per heavy atom. The number of aliphatic hydroxyl groups is 1. The first kappa shape index (κ1) is 31.8. The first-order valence-electron chi connectivity index (χ1n) is 13.6. The summed E-state index contributed by atoms with van der Waals surface area (Å²) in [6.45, 7) is 5.48. The van der Waals surface area contributed by atoms with Gasteiger partial charge in [0.2, 0.25) is 0 Å². The van der Waals surface area contributed by atoms with Gasteiger partial charge in [-0.3, -0.25) is 14.4 Å². The van der Waals surface area contributed by atoms with Crippen LogP contribution in [-0.4, -0.2) is 72.7 Å². The molecule has 0 saturated carbocycles. The van der Waals surface area contributed by atoms with Gasteiger partial charge in [-0.2, -0.15) is 0 Å². The normalized spacial score (nSPS) is 16.5. The van der Waals surface area contributed by atoms with Gasteiger partial charge in [0.1, 0.15) is 0 Å². The summed E-state index contributed by atoms with van der Waals surface area (Å²) in [5, 5.41) is 12.1. The van der Waals surface area contributed by atoms with E-state index in [9.17, 15) is 19.5 Å². The van der Waals surface area contributed by atoms with Crippen LogP contribution in [0.15, 0.2) is 48.5 Å². The number of rotatable bonds is 10. The number of benzene rings is 2. The number of hydrogen-bond donors (Lipinski definition) is 3. The summed E-state index contributed by atoms with van der Waals surface area (Å²) in [4.78, 5) is 45.7. The minimum Gasteiger partial charge on any atom is -0.366 e. The molecule has 1 heterocycles. The van der Waals surface area contributed by atoms with Gasteiger partial charge in [-0.15, -0.1) is 0 Å². The van der Waals surface area contributed by atoms with Crippen molar-refractivity contribution < 1.29 is 33.8 Å². The molecule has 3 N–H and O–H groups in total. The van der Waals surface area contributed by atoms with E-state index in [2.05, 4.69) is 22.6 Å². The quantitative estimate of drug-likeness (QED) is 0.175. The second kappa shape index (κ2) is 14.2. The lowest BCUT2D eigenvalue weighted by atomic mass is 9.96. The average Bonchev–Trinajstić information content (AvgIpc) is 2.98. The van der Waals surface area contributed by atoms with Crippen LogP contribution in [0.4, 0.5) is 0 Å². The van der Waals surface area contributed by atoms with E-state index in [1.165, 1.54) is 21.0 Å². The number of hydroxylamine groups is 1. The van der Waals surface area contributed by atoms with Crippen molar-refractivity contribution in [2.75, 3.05) is 27.3 Å². The molecule has 1 aliphatic heterocycles. The molecule has 1 aliphatic rings. The highest BCUT2D eigenvalue weighted by atomic mass is 16.8. The highest BCUT2D eigenvalue weighted by Gasteiger charge is 2.47. The van der Waals surface area contributed by atoms with E-state index >= 15 is 0 Å². The molecule has 41 heavy (non-hydrogen) atoms. The Morgan fingerprint density at radius 1 is 1.00 bits per heavy atom. The van der Waals surface area contributed by atoms with E-state index in [0.717, 1.165) is 28.9 Å². The fourth-order valence-corrected chi connectivity index (χ4v) is 4.08. The van der Waals surface area contributed by atoms with Gasteiger partial charge >= 0.3 is 0 Å². The Hall–Kier alpha value is -3.75. The summed E-state index contributed by atoms with van der Waals surface area (Å²) >= 11 is 0. The summed E-state index contributed by atoms with van der Waals surface area (Å²) in [5.74, 6) is 3.03. The molecular formula is C31H39N3O7. The lowest BCUT2D eigenvalue weighted by Crippen LogP contribution is -2.65. The molecule has 1 fully saturated rings. The summed E-state index contributed by atoms with van der Waals surface area (Å²) in [6.07, 6.45) is 2.50. The Balaban J connectivity index is 1.64. The molecule has 220 valence electrons. The number of nitrogens with one attached hydrogen (secondary N) is 2. The fraction of sp³-hybridized carbons (Fsp3) is 0.452. The van der Waals surface area contributed by atoms with Crippen molar-refractivity contribution >= 4 is 17.7 Å².